The summed E-state index contributed by atoms with van der Waals surface area (Å²) < 4.78 is 35.8. The molecule has 1 N–H and O–H groups in total. The average Bonchev–Trinajstić information content (AvgIpc) is 2.82. The van der Waals surface area contributed by atoms with Crippen molar-refractivity contribution in [3.63, 3.8) is 0 Å². The smallest absolute Gasteiger partial charge is 0.322 e. The molecular formula is C23H22F2IN5O2. The molecule has 10 heteroatoms. The number of methoxy groups -OCH3 is 2. The number of hydrogen-bond acceptors (Lipinski definition) is 7. The molecular weight excluding hydrogens is 543 g/mol. The van der Waals surface area contributed by atoms with Gasteiger partial charge in [-0.1, -0.05) is 6.08 Å². The van der Waals surface area contributed by atoms with Crippen molar-refractivity contribution in [2.75, 3.05) is 31.0 Å². The van der Waals surface area contributed by atoms with Gasteiger partial charge in [-0.2, -0.15) is 14.0 Å². The number of fused-ring (bicyclic) bond motifs is 1. The summed E-state index contributed by atoms with van der Waals surface area (Å²) in [6.45, 7) is 1.06. The van der Waals surface area contributed by atoms with E-state index in [-0.39, 0.29) is 17.2 Å². The lowest BCUT2D eigenvalue weighted by Crippen LogP contribution is -2.32. The van der Waals surface area contributed by atoms with Gasteiger partial charge in [0.05, 0.1) is 36.5 Å². The molecule has 2 aromatic rings. The summed E-state index contributed by atoms with van der Waals surface area (Å²) in [6.07, 6.45) is 6.63. The van der Waals surface area contributed by atoms with Gasteiger partial charge in [0.15, 0.2) is 0 Å². The van der Waals surface area contributed by atoms with E-state index in [0.29, 0.717) is 37.4 Å². The van der Waals surface area contributed by atoms with Crippen LogP contribution in [0.15, 0.2) is 48.1 Å². The Labute approximate surface area is 204 Å². The van der Waals surface area contributed by atoms with Crippen LogP contribution in [0.1, 0.15) is 28.8 Å². The third-order valence-corrected chi connectivity index (χ3v) is 6.33. The molecule has 0 radical (unpaired) electrons. The minimum Gasteiger partial charge on any atom is -0.498 e. The highest BCUT2D eigenvalue weighted by molar-refractivity contribution is 14.1. The summed E-state index contributed by atoms with van der Waals surface area (Å²) in [5.74, 6) is 1.45. The third-order valence-electron chi connectivity index (χ3n) is 5.75. The lowest BCUT2D eigenvalue weighted by atomic mass is 10.0. The van der Waals surface area contributed by atoms with E-state index in [2.05, 4.69) is 15.3 Å². The quantitative estimate of drug-likeness (QED) is 0.404. The first-order chi connectivity index (χ1) is 15.8. The first-order valence-electron chi connectivity index (χ1n) is 10.3. The number of ether oxygens (including phenoxy) is 2. The Bertz CT molecular complexity index is 1160. The fraction of sp³-hybridized carbons (Fsp3) is 0.348. The number of rotatable bonds is 6. The molecule has 172 valence electrons. The number of alkyl halides is 3. The summed E-state index contributed by atoms with van der Waals surface area (Å²) in [4.78, 5) is 10.8. The van der Waals surface area contributed by atoms with Crippen LogP contribution >= 0.6 is 22.6 Å². The number of nitriles is 1. The molecule has 0 spiro atoms. The van der Waals surface area contributed by atoms with Gasteiger partial charge < -0.3 is 19.7 Å². The van der Waals surface area contributed by atoms with E-state index >= 15 is 0 Å². The molecule has 4 rings (SSSR count). The lowest BCUT2D eigenvalue weighted by molar-refractivity contribution is 0.0791. The maximum Gasteiger partial charge on any atom is 0.322 e. The maximum atomic E-state index is 14.0. The van der Waals surface area contributed by atoms with Crippen LogP contribution in [-0.2, 0) is 26.4 Å². The van der Waals surface area contributed by atoms with Crippen molar-refractivity contribution in [1.29, 1.82) is 5.26 Å². The molecule has 1 aromatic heterocycles. The van der Waals surface area contributed by atoms with E-state index in [1.165, 1.54) is 18.5 Å². The molecule has 0 saturated carbocycles. The molecule has 33 heavy (non-hydrogen) atoms. The molecule has 1 aliphatic heterocycles. The Morgan fingerprint density at radius 2 is 2.12 bits per heavy atom. The molecule has 2 heterocycles. The summed E-state index contributed by atoms with van der Waals surface area (Å²) in [7, 11) is 3.26. The first kappa shape index (κ1) is 23.4. The lowest BCUT2D eigenvalue weighted by Gasteiger charge is -2.31. The predicted octanol–water partition coefficient (Wildman–Crippen LogP) is 4.64. The van der Waals surface area contributed by atoms with Gasteiger partial charge in [-0.25, -0.2) is 9.97 Å². The summed E-state index contributed by atoms with van der Waals surface area (Å²) in [6, 6.07) is 6.39. The Morgan fingerprint density at radius 1 is 1.30 bits per heavy atom. The number of halogens is 3. The highest BCUT2D eigenvalue weighted by atomic mass is 127. The summed E-state index contributed by atoms with van der Waals surface area (Å²) in [5.41, 5.74) is 3.01. The van der Waals surface area contributed by atoms with Gasteiger partial charge >= 0.3 is 3.93 Å². The van der Waals surface area contributed by atoms with Crippen LogP contribution in [0, 0.1) is 11.3 Å². The normalized spacial score (nSPS) is 18.1. The van der Waals surface area contributed by atoms with Crippen LogP contribution in [0.3, 0.4) is 0 Å². The van der Waals surface area contributed by atoms with E-state index in [1.54, 1.807) is 20.3 Å². The number of allylic oxidation sites excluding steroid dienone is 1. The number of anilines is 2. The number of nitrogens with zero attached hydrogens (tertiary/aromatic N) is 4. The van der Waals surface area contributed by atoms with Gasteiger partial charge in [-0.3, -0.25) is 0 Å². The zero-order valence-electron chi connectivity index (χ0n) is 18.1. The SMILES string of the molecule is COC1=CC(Nc2ncnc3c2CCN(c2ccc(C#N)c(C(F)(F)I)c2)C3)=CCC1OC. The van der Waals surface area contributed by atoms with Crippen molar-refractivity contribution in [3.05, 3.63) is 70.5 Å². The standard InChI is InChI=1S/C23H22F2IN5O2/c1-32-20-6-4-15(9-21(20)33-2)30-22-17-7-8-31(12-19(17)28-13-29-22)16-5-3-14(11-27)18(10-16)23(24,25)26/h3-5,9-10,13,20H,6-8,12H2,1-2H3,(H,28,29,30). The van der Waals surface area contributed by atoms with Crippen LogP contribution in [0.5, 0.6) is 0 Å². The van der Waals surface area contributed by atoms with Crippen LogP contribution in [0.25, 0.3) is 0 Å². The van der Waals surface area contributed by atoms with E-state index in [4.69, 9.17) is 9.47 Å². The van der Waals surface area contributed by atoms with Gasteiger partial charge in [0.25, 0.3) is 0 Å². The fourth-order valence-electron chi connectivity index (χ4n) is 4.03. The van der Waals surface area contributed by atoms with Crippen LogP contribution < -0.4 is 10.2 Å². The van der Waals surface area contributed by atoms with Crippen molar-refractivity contribution < 1.29 is 18.3 Å². The number of aromatic nitrogens is 2. The average molecular weight is 565 g/mol. The number of nitrogens with one attached hydrogen (secondary N) is 1. The van der Waals surface area contributed by atoms with Gasteiger partial charge in [-0.15, -0.1) is 0 Å². The molecule has 0 saturated heterocycles. The topological polar surface area (TPSA) is 83.3 Å². The first-order valence-corrected chi connectivity index (χ1v) is 11.4. The molecule has 0 amide bonds. The third kappa shape index (κ3) is 4.94. The van der Waals surface area contributed by atoms with Crippen molar-refractivity contribution in [3.8, 4) is 6.07 Å². The van der Waals surface area contributed by atoms with E-state index in [9.17, 15) is 14.0 Å². The zero-order chi connectivity index (χ0) is 23.6. The van der Waals surface area contributed by atoms with Gasteiger partial charge in [-0.05, 0) is 24.6 Å². The second-order valence-corrected chi connectivity index (χ2v) is 9.01. The van der Waals surface area contributed by atoms with E-state index in [0.717, 1.165) is 45.3 Å². The maximum absolute atomic E-state index is 14.0. The van der Waals surface area contributed by atoms with Crippen molar-refractivity contribution >= 4 is 34.1 Å². The Balaban J connectivity index is 1.56. The van der Waals surface area contributed by atoms with Crippen LogP contribution in [-0.4, -0.2) is 36.8 Å². The van der Waals surface area contributed by atoms with Crippen LogP contribution in [0.2, 0.25) is 0 Å². The Hall–Kier alpha value is -2.78. The van der Waals surface area contributed by atoms with Crippen molar-refractivity contribution in [2.24, 2.45) is 0 Å². The number of hydrogen-bond donors (Lipinski definition) is 1. The van der Waals surface area contributed by atoms with Gasteiger partial charge in [0.1, 0.15) is 24.0 Å². The predicted molar refractivity (Wildman–Crippen MR) is 128 cm³/mol. The summed E-state index contributed by atoms with van der Waals surface area (Å²) in [5, 5.41) is 12.6. The Morgan fingerprint density at radius 3 is 2.82 bits per heavy atom. The van der Waals surface area contributed by atoms with Gasteiger partial charge in [0.2, 0.25) is 0 Å². The van der Waals surface area contributed by atoms with Gasteiger partial charge in [0, 0.05) is 65.7 Å². The molecule has 1 aliphatic carbocycles. The fourth-order valence-corrected chi connectivity index (χ4v) is 4.47. The number of benzene rings is 1. The highest BCUT2D eigenvalue weighted by Crippen LogP contribution is 2.39. The minimum absolute atomic E-state index is 0.0238. The second-order valence-electron chi connectivity index (χ2n) is 7.65. The molecule has 0 fully saturated rings. The Kier molecular flexibility index (Phi) is 6.81. The highest BCUT2D eigenvalue weighted by Gasteiger charge is 2.31. The second kappa shape index (κ2) is 9.61. The monoisotopic (exact) mass is 565 g/mol. The largest absolute Gasteiger partial charge is 0.498 e. The summed E-state index contributed by atoms with van der Waals surface area (Å²) >= 11 is 1.06. The molecule has 7 nitrogen and oxygen atoms in total. The van der Waals surface area contributed by atoms with E-state index in [1.807, 2.05) is 23.1 Å². The minimum atomic E-state index is -3.13. The zero-order valence-corrected chi connectivity index (χ0v) is 20.3. The molecule has 0 bridgehead atoms. The van der Waals surface area contributed by atoms with Crippen molar-refractivity contribution in [2.45, 2.75) is 29.4 Å². The van der Waals surface area contributed by atoms with Crippen molar-refractivity contribution in [1.82, 2.24) is 9.97 Å². The van der Waals surface area contributed by atoms with Crippen LogP contribution in [0.4, 0.5) is 20.3 Å². The molecule has 2 aliphatic rings. The molecule has 1 unspecified atom stereocenters. The molecule has 1 aromatic carbocycles. The molecule has 1 atom stereocenters. The van der Waals surface area contributed by atoms with E-state index < -0.39 is 3.93 Å².